The Balaban J connectivity index is 2.19. The fourth-order valence-electron chi connectivity index (χ4n) is 2.24. The van der Waals surface area contributed by atoms with E-state index in [1.54, 1.807) is 0 Å². The fraction of sp³-hybridized carbons (Fsp3) is 0.500. The number of aliphatic hydroxyl groups is 1. The first-order valence-corrected chi connectivity index (χ1v) is 5.02. The maximum absolute atomic E-state index is 9.91. The van der Waals surface area contributed by atoms with E-state index in [9.17, 15) is 5.11 Å². The zero-order chi connectivity index (χ0) is 9.26. The van der Waals surface area contributed by atoms with Crippen molar-refractivity contribution in [3.8, 4) is 0 Å². The van der Waals surface area contributed by atoms with Gasteiger partial charge in [0.2, 0.25) is 0 Å². The third kappa shape index (κ3) is 1.61. The highest BCUT2D eigenvalue weighted by Crippen LogP contribution is 2.37. The van der Waals surface area contributed by atoms with Gasteiger partial charge in [-0.3, -0.25) is 0 Å². The zero-order valence-corrected chi connectivity index (χ0v) is 7.98. The Morgan fingerprint density at radius 3 is 2.38 bits per heavy atom. The van der Waals surface area contributed by atoms with E-state index in [1.165, 1.54) is 5.56 Å². The molecule has 13 heavy (non-hydrogen) atoms. The average Bonchev–Trinajstić information content (AvgIpc) is 2.49. The van der Waals surface area contributed by atoms with Crippen LogP contribution in [0.25, 0.3) is 0 Å². The van der Waals surface area contributed by atoms with E-state index in [2.05, 4.69) is 19.1 Å². The van der Waals surface area contributed by atoms with Gasteiger partial charge in [0, 0.05) is 5.92 Å². The van der Waals surface area contributed by atoms with Gasteiger partial charge in [-0.25, -0.2) is 0 Å². The highest BCUT2D eigenvalue weighted by molar-refractivity contribution is 5.22. The van der Waals surface area contributed by atoms with Gasteiger partial charge in [-0.05, 0) is 24.3 Å². The summed E-state index contributed by atoms with van der Waals surface area (Å²) >= 11 is 0. The predicted molar refractivity (Wildman–Crippen MR) is 53.6 cm³/mol. The molecule has 2 rings (SSSR count). The van der Waals surface area contributed by atoms with Crippen molar-refractivity contribution in [1.82, 2.24) is 0 Å². The van der Waals surface area contributed by atoms with Crippen LogP contribution in [0.15, 0.2) is 30.3 Å². The Kier molecular flexibility index (Phi) is 2.36. The van der Waals surface area contributed by atoms with Crippen molar-refractivity contribution in [3.63, 3.8) is 0 Å². The number of benzene rings is 1. The number of hydrogen-bond donors (Lipinski definition) is 1. The Morgan fingerprint density at radius 1 is 1.15 bits per heavy atom. The Morgan fingerprint density at radius 2 is 1.85 bits per heavy atom. The zero-order valence-electron chi connectivity index (χ0n) is 7.98. The van der Waals surface area contributed by atoms with Crippen LogP contribution in [-0.2, 0) is 0 Å². The minimum atomic E-state index is -0.137. The van der Waals surface area contributed by atoms with Crippen molar-refractivity contribution in [2.24, 2.45) is 5.92 Å². The lowest BCUT2D eigenvalue weighted by Gasteiger charge is -2.17. The second kappa shape index (κ2) is 3.51. The second-order valence-electron chi connectivity index (χ2n) is 4.06. The second-order valence-corrected chi connectivity index (χ2v) is 4.06. The van der Waals surface area contributed by atoms with Crippen molar-refractivity contribution < 1.29 is 5.11 Å². The quantitative estimate of drug-likeness (QED) is 0.697. The molecule has 1 aliphatic rings. The lowest BCUT2D eigenvalue weighted by atomic mass is 9.94. The van der Waals surface area contributed by atoms with Crippen molar-refractivity contribution in [3.05, 3.63) is 35.9 Å². The molecular weight excluding hydrogens is 160 g/mol. The van der Waals surface area contributed by atoms with Gasteiger partial charge in [0.15, 0.2) is 0 Å². The van der Waals surface area contributed by atoms with E-state index < -0.39 is 0 Å². The van der Waals surface area contributed by atoms with E-state index in [0.29, 0.717) is 11.8 Å². The summed E-state index contributed by atoms with van der Waals surface area (Å²) in [7, 11) is 0. The standard InChI is InChI=1S/C12H16O/c1-9-7-8-11(12(9)13)10-5-3-2-4-6-10/h2-6,9,11-13H,7-8H2,1H3/t9-,11-,12+/m0/s1. The molecule has 0 aromatic heterocycles. The summed E-state index contributed by atoms with van der Waals surface area (Å²) < 4.78 is 0. The van der Waals surface area contributed by atoms with Crippen LogP contribution >= 0.6 is 0 Å². The lowest BCUT2D eigenvalue weighted by molar-refractivity contribution is 0.125. The van der Waals surface area contributed by atoms with Crippen molar-refractivity contribution >= 4 is 0 Å². The SMILES string of the molecule is C[C@H]1CC[C@@H](c2ccccc2)[C@@H]1O. The van der Waals surface area contributed by atoms with Crippen LogP contribution in [0.3, 0.4) is 0 Å². The molecule has 0 spiro atoms. The molecule has 0 radical (unpaired) electrons. The van der Waals surface area contributed by atoms with Gasteiger partial charge in [0.25, 0.3) is 0 Å². The topological polar surface area (TPSA) is 20.2 Å². The molecule has 0 aliphatic heterocycles. The summed E-state index contributed by atoms with van der Waals surface area (Å²) in [5.74, 6) is 0.835. The summed E-state index contributed by atoms with van der Waals surface area (Å²) in [5.41, 5.74) is 1.29. The maximum atomic E-state index is 9.91. The summed E-state index contributed by atoms with van der Waals surface area (Å²) in [6.45, 7) is 2.13. The number of aliphatic hydroxyl groups excluding tert-OH is 1. The van der Waals surface area contributed by atoms with Crippen LogP contribution in [0, 0.1) is 5.92 Å². The van der Waals surface area contributed by atoms with E-state index in [1.807, 2.05) is 18.2 Å². The van der Waals surface area contributed by atoms with Crippen molar-refractivity contribution in [2.45, 2.75) is 31.8 Å². The molecule has 1 aliphatic carbocycles. The van der Waals surface area contributed by atoms with E-state index >= 15 is 0 Å². The van der Waals surface area contributed by atoms with E-state index in [-0.39, 0.29) is 6.10 Å². The smallest absolute Gasteiger partial charge is 0.0634 e. The predicted octanol–water partition coefficient (Wildman–Crippen LogP) is 2.56. The molecule has 3 atom stereocenters. The van der Waals surface area contributed by atoms with Gasteiger partial charge in [-0.1, -0.05) is 37.3 Å². The molecule has 1 aromatic carbocycles. The molecular formula is C12H16O. The number of rotatable bonds is 1. The highest BCUT2D eigenvalue weighted by Gasteiger charge is 2.32. The van der Waals surface area contributed by atoms with Gasteiger partial charge in [-0.15, -0.1) is 0 Å². The summed E-state index contributed by atoms with van der Waals surface area (Å²) in [6.07, 6.45) is 2.15. The van der Waals surface area contributed by atoms with Gasteiger partial charge in [-0.2, -0.15) is 0 Å². The monoisotopic (exact) mass is 176 g/mol. The van der Waals surface area contributed by atoms with Crippen LogP contribution in [-0.4, -0.2) is 11.2 Å². The van der Waals surface area contributed by atoms with Crippen molar-refractivity contribution in [2.75, 3.05) is 0 Å². The molecule has 1 nitrogen and oxygen atoms in total. The molecule has 1 heteroatoms. The first-order valence-electron chi connectivity index (χ1n) is 5.02. The highest BCUT2D eigenvalue weighted by atomic mass is 16.3. The van der Waals surface area contributed by atoms with Crippen molar-refractivity contribution in [1.29, 1.82) is 0 Å². The van der Waals surface area contributed by atoms with Gasteiger partial charge in [0.1, 0.15) is 0 Å². The average molecular weight is 176 g/mol. The molecule has 0 saturated heterocycles. The third-order valence-corrected chi connectivity index (χ3v) is 3.16. The van der Waals surface area contributed by atoms with Crippen LogP contribution in [0.4, 0.5) is 0 Å². The molecule has 1 aromatic rings. The first-order chi connectivity index (χ1) is 6.29. The van der Waals surface area contributed by atoms with Crippen LogP contribution in [0.1, 0.15) is 31.2 Å². The largest absolute Gasteiger partial charge is 0.392 e. The van der Waals surface area contributed by atoms with Gasteiger partial charge >= 0.3 is 0 Å². The minimum Gasteiger partial charge on any atom is -0.392 e. The Bertz CT molecular complexity index is 268. The van der Waals surface area contributed by atoms with E-state index in [4.69, 9.17) is 0 Å². The maximum Gasteiger partial charge on any atom is 0.0634 e. The van der Waals surface area contributed by atoms with Gasteiger partial charge < -0.3 is 5.11 Å². The molecule has 0 heterocycles. The van der Waals surface area contributed by atoms with Crippen LogP contribution < -0.4 is 0 Å². The summed E-state index contributed by atoms with van der Waals surface area (Å²) in [4.78, 5) is 0. The molecule has 1 fully saturated rings. The van der Waals surface area contributed by atoms with Gasteiger partial charge in [0.05, 0.1) is 6.10 Å². The first kappa shape index (κ1) is 8.76. The third-order valence-electron chi connectivity index (χ3n) is 3.16. The molecule has 0 amide bonds. The van der Waals surface area contributed by atoms with Crippen LogP contribution in [0.5, 0.6) is 0 Å². The summed E-state index contributed by atoms with van der Waals surface area (Å²) in [5, 5.41) is 9.91. The molecule has 1 saturated carbocycles. The Hall–Kier alpha value is -0.820. The van der Waals surface area contributed by atoms with E-state index in [0.717, 1.165) is 12.8 Å². The fourth-order valence-corrected chi connectivity index (χ4v) is 2.24. The molecule has 70 valence electrons. The molecule has 1 N–H and O–H groups in total. The minimum absolute atomic E-state index is 0.137. The molecule has 0 bridgehead atoms. The number of hydrogen-bond acceptors (Lipinski definition) is 1. The Labute approximate surface area is 79.4 Å². The molecule has 0 unspecified atom stereocenters. The normalized spacial score (nSPS) is 33.5. The lowest BCUT2D eigenvalue weighted by Crippen LogP contribution is -2.17. The van der Waals surface area contributed by atoms with Crippen LogP contribution in [0.2, 0.25) is 0 Å². The summed E-state index contributed by atoms with van der Waals surface area (Å²) in [6, 6.07) is 10.3.